The Morgan fingerprint density at radius 1 is 1.13 bits per heavy atom. The van der Waals surface area contributed by atoms with Crippen molar-refractivity contribution in [3.05, 3.63) is 41.6 Å². The molecule has 0 unspecified atom stereocenters. The van der Waals surface area contributed by atoms with Gasteiger partial charge >= 0.3 is 0 Å². The third-order valence-electron chi connectivity index (χ3n) is 4.29. The van der Waals surface area contributed by atoms with Crippen LogP contribution in [-0.4, -0.2) is 29.1 Å². The Balaban J connectivity index is 1.87. The number of hydrogen-bond donors (Lipinski definition) is 2. The quantitative estimate of drug-likeness (QED) is 0.886. The molecule has 2 aromatic rings. The highest BCUT2D eigenvalue weighted by molar-refractivity contribution is 5.58. The van der Waals surface area contributed by atoms with Gasteiger partial charge in [-0.15, -0.1) is 0 Å². The van der Waals surface area contributed by atoms with Gasteiger partial charge in [0.05, 0.1) is 0 Å². The van der Waals surface area contributed by atoms with Gasteiger partial charge in [0.2, 0.25) is 0 Å². The highest BCUT2D eigenvalue weighted by atomic mass is 15.1. The first kappa shape index (κ1) is 15.9. The fraction of sp³-hybridized carbons (Fsp3) is 0.474. The van der Waals surface area contributed by atoms with Crippen LogP contribution in [0, 0.1) is 6.92 Å². The minimum Gasteiger partial charge on any atom is -0.367 e. The molecule has 1 aliphatic rings. The Labute approximate surface area is 138 Å². The van der Waals surface area contributed by atoms with Crippen molar-refractivity contribution in [3.63, 3.8) is 0 Å². The maximum Gasteiger partial charge on any atom is 0.161 e. The summed E-state index contributed by atoms with van der Waals surface area (Å²) in [7, 11) is 0. The van der Waals surface area contributed by atoms with Crippen molar-refractivity contribution >= 4 is 5.82 Å². The Bertz CT molecular complexity index is 630. The summed E-state index contributed by atoms with van der Waals surface area (Å²) in [6.45, 7) is 6.45. The third-order valence-corrected chi connectivity index (χ3v) is 4.29. The van der Waals surface area contributed by atoms with Gasteiger partial charge < -0.3 is 10.6 Å². The zero-order valence-corrected chi connectivity index (χ0v) is 14.1. The van der Waals surface area contributed by atoms with Crippen molar-refractivity contribution in [2.45, 2.75) is 45.6 Å². The van der Waals surface area contributed by atoms with Crippen molar-refractivity contribution in [1.82, 2.24) is 15.3 Å². The van der Waals surface area contributed by atoms with Crippen LogP contribution in [-0.2, 0) is 6.42 Å². The fourth-order valence-corrected chi connectivity index (χ4v) is 2.96. The lowest BCUT2D eigenvalue weighted by Crippen LogP contribution is -2.35. The third kappa shape index (κ3) is 4.29. The molecule has 1 saturated heterocycles. The van der Waals surface area contributed by atoms with E-state index in [0.29, 0.717) is 6.04 Å². The summed E-state index contributed by atoms with van der Waals surface area (Å²) in [5.41, 5.74) is 3.46. The number of aryl methyl sites for hydroxylation is 2. The highest BCUT2D eigenvalue weighted by Gasteiger charge is 2.14. The Hall–Kier alpha value is -1.94. The first-order chi connectivity index (χ1) is 11.2. The lowest BCUT2D eigenvalue weighted by molar-refractivity contribution is 0.478. The molecule has 0 aliphatic carbocycles. The normalized spacial score (nSPS) is 15.6. The lowest BCUT2D eigenvalue weighted by Gasteiger charge is -2.24. The standard InChI is InChI=1S/C19H26N4/c1-3-4-17-13-18(21-16-9-11-20-12-10-16)23-19(22-17)15-7-5-14(2)6-8-15/h5-8,13,16,20H,3-4,9-12H2,1-2H3,(H,21,22,23). The smallest absolute Gasteiger partial charge is 0.161 e. The topological polar surface area (TPSA) is 49.8 Å². The number of nitrogens with zero attached hydrogens (tertiary/aromatic N) is 2. The van der Waals surface area contributed by atoms with Gasteiger partial charge in [0.1, 0.15) is 5.82 Å². The average molecular weight is 310 g/mol. The van der Waals surface area contributed by atoms with E-state index in [1.165, 1.54) is 5.56 Å². The van der Waals surface area contributed by atoms with E-state index in [0.717, 1.165) is 61.7 Å². The second-order valence-electron chi connectivity index (χ2n) is 6.35. The lowest BCUT2D eigenvalue weighted by atomic mass is 10.1. The molecule has 122 valence electrons. The second-order valence-corrected chi connectivity index (χ2v) is 6.35. The fourth-order valence-electron chi connectivity index (χ4n) is 2.96. The number of piperidine rings is 1. The van der Waals surface area contributed by atoms with E-state index in [4.69, 9.17) is 9.97 Å². The van der Waals surface area contributed by atoms with Crippen LogP contribution in [0.15, 0.2) is 30.3 Å². The molecule has 0 radical (unpaired) electrons. The zero-order chi connectivity index (χ0) is 16.1. The minimum atomic E-state index is 0.506. The molecule has 2 N–H and O–H groups in total. The van der Waals surface area contributed by atoms with Crippen molar-refractivity contribution < 1.29 is 0 Å². The summed E-state index contributed by atoms with van der Waals surface area (Å²) in [5, 5.41) is 7.01. The first-order valence-corrected chi connectivity index (χ1v) is 8.67. The number of hydrogen-bond acceptors (Lipinski definition) is 4. The zero-order valence-electron chi connectivity index (χ0n) is 14.1. The summed E-state index contributed by atoms with van der Waals surface area (Å²) >= 11 is 0. The second kappa shape index (κ2) is 7.55. The monoisotopic (exact) mass is 310 g/mol. The van der Waals surface area contributed by atoms with Crippen LogP contribution in [0.25, 0.3) is 11.4 Å². The van der Waals surface area contributed by atoms with Crippen LogP contribution in [0.3, 0.4) is 0 Å². The van der Waals surface area contributed by atoms with Crippen LogP contribution in [0.5, 0.6) is 0 Å². The Kier molecular flexibility index (Phi) is 5.23. The van der Waals surface area contributed by atoms with Gasteiger partial charge in [-0.2, -0.15) is 0 Å². The molecular weight excluding hydrogens is 284 g/mol. The SMILES string of the molecule is CCCc1cc(NC2CCNCC2)nc(-c2ccc(C)cc2)n1. The molecule has 1 fully saturated rings. The molecule has 23 heavy (non-hydrogen) atoms. The molecule has 0 spiro atoms. The van der Waals surface area contributed by atoms with Crippen LogP contribution in [0.2, 0.25) is 0 Å². The van der Waals surface area contributed by atoms with Gasteiger partial charge in [0, 0.05) is 23.4 Å². The molecule has 1 aromatic heterocycles. The van der Waals surface area contributed by atoms with Crippen LogP contribution in [0.1, 0.15) is 37.4 Å². The number of anilines is 1. The number of rotatable bonds is 5. The average Bonchev–Trinajstić information content (AvgIpc) is 2.56. The van der Waals surface area contributed by atoms with E-state index in [2.05, 4.69) is 54.8 Å². The van der Waals surface area contributed by atoms with E-state index in [9.17, 15) is 0 Å². The van der Waals surface area contributed by atoms with Crippen LogP contribution < -0.4 is 10.6 Å². The van der Waals surface area contributed by atoms with Gasteiger partial charge in [0.25, 0.3) is 0 Å². The molecule has 0 atom stereocenters. The summed E-state index contributed by atoms with van der Waals surface area (Å²) in [6, 6.07) is 11.1. The van der Waals surface area contributed by atoms with E-state index in [-0.39, 0.29) is 0 Å². The summed E-state index contributed by atoms with van der Waals surface area (Å²) in [6.07, 6.45) is 4.37. The molecule has 4 nitrogen and oxygen atoms in total. The van der Waals surface area contributed by atoms with Crippen LogP contribution >= 0.6 is 0 Å². The molecule has 3 rings (SSSR count). The summed E-state index contributed by atoms with van der Waals surface area (Å²) in [5.74, 6) is 1.79. The van der Waals surface area contributed by atoms with Gasteiger partial charge in [-0.05, 0) is 39.3 Å². The predicted molar refractivity (Wildman–Crippen MR) is 95.7 cm³/mol. The first-order valence-electron chi connectivity index (χ1n) is 8.67. The largest absolute Gasteiger partial charge is 0.367 e. The molecule has 0 saturated carbocycles. The van der Waals surface area contributed by atoms with Crippen molar-refractivity contribution in [1.29, 1.82) is 0 Å². The molecular formula is C19H26N4. The molecule has 1 aromatic carbocycles. The predicted octanol–water partition coefficient (Wildman–Crippen LogP) is 3.57. The number of nitrogens with one attached hydrogen (secondary N) is 2. The molecule has 1 aliphatic heterocycles. The Morgan fingerprint density at radius 2 is 1.87 bits per heavy atom. The van der Waals surface area contributed by atoms with Gasteiger partial charge in [-0.3, -0.25) is 0 Å². The van der Waals surface area contributed by atoms with Gasteiger partial charge in [-0.1, -0.05) is 43.2 Å². The van der Waals surface area contributed by atoms with Crippen molar-refractivity contribution in [3.8, 4) is 11.4 Å². The van der Waals surface area contributed by atoms with E-state index in [1.807, 2.05) is 0 Å². The molecule has 0 bridgehead atoms. The summed E-state index contributed by atoms with van der Waals surface area (Å²) in [4.78, 5) is 9.52. The summed E-state index contributed by atoms with van der Waals surface area (Å²) < 4.78 is 0. The van der Waals surface area contributed by atoms with E-state index >= 15 is 0 Å². The minimum absolute atomic E-state index is 0.506. The number of aromatic nitrogens is 2. The molecule has 0 amide bonds. The van der Waals surface area contributed by atoms with Crippen molar-refractivity contribution in [2.75, 3.05) is 18.4 Å². The van der Waals surface area contributed by atoms with E-state index < -0.39 is 0 Å². The molecule has 4 heteroatoms. The molecule has 2 heterocycles. The van der Waals surface area contributed by atoms with Crippen LogP contribution in [0.4, 0.5) is 5.82 Å². The highest BCUT2D eigenvalue weighted by Crippen LogP contribution is 2.21. The van der Waals surface area contributed by atoms with Gasteiger partial charge in [0.15, 0.2) is 5.82 Å². The van der Waals surface area contributed by atoms with Gasteiger partial charge in [-0.25, -0.2) is 9.97 Å². The number of benzene rings is 1. The Morgan fingerprint density at radius 3 is 2.57 bits per heavy atom. The van der Waals surface area contributed by atoms with Crippen molar-refractivity contribution in [2.24, 2.45) is 0 Å². The maximum absolute atomic E-state index is 4.77. The maximum atomic E-state index is 4.77. The van der Waals surface area contributed by atoms with E-state index in [1.54, 1.807) is 0 Å².